The Kier molecular flexibility index (Phi) is 7.83. The number of aryl methyl sites for hydroxylation is 1. The number of hydrogen-bond acceptors (Lipinski definition) is 6. The number of carbonyl (C=O) groups is 3. The third kappa shape index (κ3) is 5.71. The SMILES string of the molecule is CCc1ccncc1C1CN(C(=O)[C@@H]2CC[C@@H]3C[C@@H]4C[C@@H]4C[C@H](NC(=O)c4cc5cc([C@H](F)P(=O)(O)O)ccc5s4)C(=O)N32)C1. The lowest BCUT2D eigenvalue weighted by Gasteiger charge is -2.43. The van der Waals surface area contributed by atoms with E-state index in [-0.39, 0.29) is 29.3 Å². The van der Waals surface area contributed by atoms with Gasteiger partial charge in [-0.25, -0.2) is 4.39 Å². The largest absolute Gasteiger partial charge is 0.363 e. The molecule has 10 nitrogen and oxygen atoms in total. The molecule has 3 aromatic rings. The van der Waals surface area contributed by atoms with Gasteiger partial charge in [-0.15, -0.1) is 11.3 Å². The maximum atomic E-state index is 14.3. The lowest BCUT2D eigenvalue weighted by molar-refractivity contribution is -0.149. The van der Waals surface area contributed by atoms with Crippen molar-refractivity contribution in [2.45, 2.75) is 75.4 Å². The first kappa shape index (κ1) is 30.5. The minimum Gasteiger partial charge on any atom is -0.340 e. The molecule has 3 amide bonds. The number of aromatic nitrogens is 1. The van der Waals surface area contributed by atoms with Crippen LogP contribution in [0.3, 0.4) is 0 Å². The Labute approximate surface area is 264 Å². The van der Waals surface area contributed by atoms with Crippen LogP contribution >= 0.6 is 18.9 Å². The maximum Gasteiger partial charge on any atom is 0.363 e. The maximum absolute atomic E-state index is 14.3. The summed E-state index contributed by atoms with van der Waals surface area (Å²) in [7, 11) is -4.97. The van der Waals surface area contributed by atoms with Gasteiger partial charge in [-0.1, -0.05) is 13.0 Å². The second kappa shape index (κ2) is 11.6. The van der Waals surface area contributed by atoms with Crippen molar-refractivity contribution in [3.05, 3.63) is 64.3 Å². The van der Waals surface area contributed by atoms with Crippen molar-refractivity contribution in [3.8, 4) is 0 Å². The van der Waals surface area contributed by atoms with Crippen LogP contribution in [0.25, 0.3) is 10.1 Å². The standard InChI is InChI=1S/C32H36FN4O6PS/c1-2-17-7-8-34-14-24(17)22-15-36(16-22)32(40)26-5-4-23-11-19-10-20(19)12-25(31(39)37(23)26)35-30(38)28-13-21-9-18(3-6-27(21)45-28)29(33)44(41,42)43/h3,6-9,13-14,19-20,22-23,25-26,29H,2,4-5,10-12,15-16H2,1H3,(H,35,38)(H2,41,42,43)/t19-,20+,23+,25-,26-,29+/m0/s1. The second-order valence-electron chi connectivity index (χ2n) is 12.9. The number of thiophene rings is 1. The van der Waals surface area contributed by atoms with Crippen molar-refractivity contribution in [1.82, 2.24) is 20.1 Å². The summed E-state index contributed by atoms with van der Waals surface area (Å²) >= 11 is 1.17. The van der Waals surface area contributed by atoms with E-state index in [9.17, 15) is 33.1 Å². The van der Waals surface area contributed by atoms with Crippen LogP contribution in [0.1, 0.15) is 77.2 Å². The summed E-state index contributed by atoms with van der Waals surface area (Å²) < 4.78 is 26.4. The molecule has 1 aromatic carbocycles. The van der Waals surface area contributed by atoms with Crippen LogP contribution in [0, 0.1) is 11.8 Å². The number of likely N-dealkylation sites (tertiary alicyclic amines) is 1. The average molecular weight is 655 g/mol. The number of benzene rings is 1. The number of nitrogens with one attached hydrogen (secondary N) is 1. The molecule has 3 saturated heterocycles. The van der Waals surface area contributed by atoms with E-state index in [0.29, 0.717) is 52.7 Å². The van der Waals surface area contributed by atoms with Crippen LogP contribution < -0.4 is 5.32 Å². The van der Waals surface area contributed by atoms with Gasteiger partial charge in [-0.2, -0.15) is 0 Å². The predicted molar refractivity (Wildman–Crippen MR) is 166 cm³/mol. The lowest BCUT2D eigenvalue weighted by Crippen LogP contribution is -2.59. The molecule has 4 aliphatic rings. The molecule has 7 rings (SSSR count). The number of halogens is 1. The molecule has 1 saturated carbocycles. The molecule has 6 atom stereocenters. The Hall–Kier alpha value is -3.18. The van der Waals surface area contributed by atoms with Gasteiger partial charge in [0.25, 0.3) is 5.91 Å². The van der Waals surface area contributed by atoms with Crippen LogP contribution in [0.15, 0.2) is 42.7 Å². The van der Waals surface area contributed by atoms with E-state index in [2.05, 4.69) is 17.2 Å². The summed E-state index contributed by atoms with van der Waals surface area (Å²) in [5.41, 5.74) is 2.26. The summed E-state index contributed by atoms with van der Waals surface area (Å²) in [6.45, 7) is 3.33. The Balaban J connectivity index is 1.07. The van der Waals surface area contributed by atoms with E-state index < -0.39 is 31.5 Å². The first-order chi connectivity index (χ1) is 21.5. The Morgan fingerprint density at radius 2 is 1.91 bits per heavy atom. The number of carbonyl (C=O) groups excluding carboxylic acids is 3. The van der Waals surface area contributed by atoms with E-state index >= 15 is 0 Å². The fourth-order valence-electron chi connectivity index (χ4n) is 7.57. The number of alkyl halides is 1. The van der Waals surface area contributed by atoms with E-state index in [1.807, 2.05) is 17.2 Å². The zero-order chi connectivity index (χ0) is 31.6. The van der Waals surface area contributed by atoms with Crippen molar-refractivity contribution < 1.29 is 33.1 Å². The van der Waals surface area contributed by atoms with E-state index in [0.717, 1.165) is 25.7 Å². The summed E-state index contributed by atoms with van der Waals surface area (Å²) in [5.74, 6) is -2.04. The van der Waals surface area contributed by atoms with Crippen molar-refractivity contribution >= 4 is 46.7 Å². The molecule has 1 aliphatic carbocycles. The Morgan fingerprint density at radius 1 is 1.13 bits per heavy atom. The fourth-order valence-corrected chi connectivity index (χ4v) is 9.06. The third-order valence-corrected chi connectivity index (χ3v) is 12.1. The number of nitrogens with zero attached hydrogens (tertiary/aromatic N) is 3. The molecule has 5 heterocycles. The van der Waals surface area contributed by atoms with Gasteiger partial charge in [0.05, 0.1) is 4.88 Å². The summed E-state index contributed by atoms with van der Waals surface area (Å²) in [6.07, 6.45) is 8.41. The van der Waals surface area contributed by atoms with Crippen molar-refractivity contribution in [1.29, 1.82) is 0 Å². The topological polar surface area (TPSA) is 140 Å². The van der Waals surface area contributed by atoms with E-state index in [1.165, 1.54) is 40.7 Å². The summed E-state index contributed by atoms with van der Waals surface area (Å²) in [4.78, 5) is 68.1. The van der Waals surface area contributed by atoms with Gasteiger partial charge in [-0.05, 0) is 96.7 Å². The van der Waals surface area contributed by atoms with Gasteiger partial charge in [-0.3, -0.25) is 23.9 Å². The first-order valence-electron chi connectivity index (χ1n) is 15.6. The Bertz CT molecular complexity index is 1720. The predicted octanol–water partition coefficient (Wildman–Crippen LogP) is 4.52. The first-order valence-corrected chi connectivity index (χ1v) is 18.1. The Morgan fingerprint density at radius 3 is 2.67 bits per heavy atom. The molecule has 3 aliphatic heterocycles. The quantitative estimate of drug-likeness (QED) is 0.319. The molecule has 2 aromatic heterocycles. The van der Waals surface area contributed by atoms with Crippen LogP contribution in [0.5, 0.6) is 0 Å². The number of hydrogen-bond donors (Lipinski definition) is 3. The minimum atomic E-state index is -4.97. The molecule has 0 radical (unpaired) electrons. The van der Waals surface area contributed by atoms with E-state index in [1.54, 1.807) is 17.2 Å². The molecule has 0 bridgehead atoms. The molecule has 13 heteroatoms. The number of pyridine rings is 1. The minimum absolute atomic E-state index is 0.0198. The monoisotopic (exact) mass is 654 g/mol. The molecule has 0 spiro atoms. The highest BCUT2D eigenvalue weighted by Crippen LogP contribution is 2.53. The number of fused-ring (bicyclic) bond motifs is 3. The lowest BCUT2D eigenvalue weighted by atomic mass is 9.88. The zero-order valence-electron chi connectivity index (χ0n) is 24.8. The number of rotatable bonds is 7. The normalized spacial score (nSPS) is 27.3. The molecule has 3 N–H and O–H groups in total. The second-order valence-corrected chi connectivity index (χ2v) is 15.7. The smallest absolute Gasteiger partial charge is 0.340 e. The van der Waals surface area contributed by atoms with Gasteiger partial charge in [0.2, 0.25) is 17.7 Å². The van der Waals surface area contributed by atoms with E-state index in [4.69, 9.17) is 0 Å². The van der Waals surface area contributed by atoms with Gasteiger partial charge in [0.15, 0.2) is 0 Å². The van der Waals surface area contributed by atoms with Gasteiger partial charge in [0, 0.05) is 42.1 Å². The molecule has 45 heavy (non-hydrogen) atoms. The molecular weight excluding hydrogens is 618 g/mol. The van der Waals surface area contributed by atoms with Gasteiger partial charge >= 0.3 is 7.60 Å². The van der Waals surface area contributed by atoms with Gasteiger partial charge < -0.3 is 24.9 Å². The molecular formula is C32H36FN4O6PS. The highest BCUT2D eigenvalue weighted by Gasteiger charge is 2.52. The third-order valence-electron chi connectivity index (χ3n) is 10.1. The highest BCUT2D eigenvalue weighted by molar-refractivity contribution is 7.51. The van der Waals surface area contributed by atoms with Crippen LogP contribution in [0.4, 0.5) is 4.39 Å². The van der Waals surface area contributed by atoms with Gasteiger partial charge in [0.1, 0.15) is 12.1 Å². The molecule has 0 unspecified atom stereocenters. The summed E-state index contributed by atoms with van der Waals surface area (Å²) in [5, 5.41) is 3.44. The van der Waals surface area contributed by atoms with Crippen LogP contribution in [-0.4, -0.2) is 73.5 Å². The summed E-state index contributed by atoms with van der Waals surface area (Å²) in [6, 6.07) is 6.44. The number of amides is 3. The zero-order valence-corrected chi connectivity index (χ0v) is 26.6. The van der Waals surface area contributed by atoms with Crippen molar-refractivity contribution in [2.75, 3.05) is 13.1 Å². The van der Waals surface area contributed by atoms with Crippen molar-refractivity contribution in [2.24, 2.45) is 11.8 Å². The highest BCUT2D eigenvalue weighted by atomic mass is 32.1. The van der Waals surface area contributed by atoms with Crippen molar-refractivity contribution in [3.63, 3.8) is 0 Å². The van der Waals surface area contributed by atoms with Crippen LogP contribution in [0.2, 0.25) is 0 Å². The van der Waals surface area contributed by atoms with Crippen LogP contribution in [-0.2, 0) is 20.6 Å². The molecule has 4 fully saturated rings. The molecule has 238 valence electrons. The fraction of sp³-hybridized carbons (Fsp3) is 0.500. The average Bonchev–Trinajstić information content (AvgIpc) is 3.35.